The molecule has 0 aromatic carbocycles. The number of nitrogens with zero attached hydrogens (tertiary/aromatic N) is 1. The molecule has 0 saturated carbocycles. The van der Waals surface area contributed by atoms with Crippen LogP contribution in [0.2, 0.25) is 0 Å². The minimum absolute atomic E-state index is 0.356. The SMILES string of the molecule is CCNCCn1ccc(=O)[nH]c1=O. The van der Waals surface area contributed by atoms with Crippen molar-refractivity contribution in [3.05, 3.63) is 33.1 Å². The molecule has 0 spiro atoms. The highest BCUT2D eigenvalue weighted by atomic mass is 16.2. The molecule has 1 aromatic rings. The molecule has 0 atom stereocenters. The summed E-state index contributed by atoms with van der Waals surface area (Å²) in [6.07, 6.45) is 1.50. The topological polar surface area (TPSA) is 66.9 Å². The van der Waals surface area contributed by atoms with Crippen LogP contribution in [0, 0.1) is 0 Å². The van der Waals surface area contributed by atoms with Crippen molar-refractivity contribution in [2.45, 2.75) is 13.5 Å². The van der Waals surface area contributed by atoms with Gasteiger partial charge in [-0.2, -0.15) is 0 Å². The summed E-state index contributed by atoms with van der Waals surface area (Å²) < 4.78 is 1.46. The highest BCUT2D eigenvalue weighted by Crippen LogP contribution is 1.74. The fourth-order valence-corrected chi connectivity index (χ4v) is 0.997. The number of nitrogens with one attached hydrogen (secondary N) is 2. The van der Waals surface area contributed by atoms with E-state index in [0.717, 1.165) is 13.1 Å². The van der Waals surface area contributed by atoms with E-state index in [1.165, 1.54) is 16.8 Å². The number of hydrogen-bond acceptors (Lipinski definition) is 3. The first-order valence-corrected chi connectivity index (χ1v) is 4.24. The average molecular weight is 183 g/mol. The Morgan fingerprint density at radius 1 is 1.54 bits per heavy atom. The molecular weight excluding hydrogens is 170 g/mol. The molecule has 13 heavy (non-hydrogen) atoms. The molecule has 1 rings (SSSR count). The standard InChI is InChI=1S/C8H13N3O2/c1-2-9-4-6-11-5-3-7(12)10-8(11)13/h3,5,9H,2,4,6H2,1H3,(H,10,12,13). The van der Waals surface area contributed by atoms with Crippen molar-refractivity contribution in [3.63, 3.8) is 0 Å². The highest BCUT2D eigenvalue weighted by Gasteiger charge is 1.94. The predicted octanol–water partition coefficient (Wildman–Crippen LogP) is -0.854. The molecule has 0 aliphatic carbocycles. The van der Waals surface area contributed by atoms with Crippen molar-refractivity contribution in [2.75, 3.05) is 13.1 Å². The van der Waals surface area contributed by atoms with Crippen molar-refractivity contribution in [1.29, 1.82) is 0 Å². The van der Waals surface area contributed by atoms with Gasteiger partial charge in [0.25, 0.3) is 5.56 Å². The number of aromatic nitrogens is 2. The monoisotopic (exact) mass is 183 g/mol. The molecule has 1 heterocycles. The molecule has 0 fully saturated rings. The maximum absolute atomic E-state index is 11.1. The van der Waals surface area contributed by atoms with Crippen LogP contribution in [0.1, 0.15) is 6.92 Å². The van der Waals surface area contributed by atoms with E-state index in [1.54, 1.807) is 0 Å². The first-order valence-electron chi connectivity index (χ1n) is 4.24. The molecule has 0 aliphatic heterocycles. The van der Waals surface area contributed by atoms with Gasteiger partial charge in [-0.05, 0) is 6.54 Å². The molecule has 0 unspecified atom stereocenters. The van der Waals surface area contributed by atoms with Gasteiger partial charge >= 0.3 is 5.69 Å². The molecule has 0 amide bonds. The number of hydrogen-bond donors (Lipinski definition) is 2. The molecule has 0 radical (unpaired) electrons. The second-order valence-corrected chi connectivity index (χ2v) is 2.66. The van der Waals surface area contributed by atoms with Crippen LogP contribution in [-0.2, 0) is 6.54 Å². The Bertz CT molecular complexity index is 366. The van der Waals surface area contributed by atoms with E-state index in [0.29, 0.717) is 6.54 Å². The lowest BCUT2D eigenvalue weighted by Crippen LogP contribution is -2.31. The molecule has 0 saturated heterocycles. The average Bonchev–Trinajstić information content (AvgIpc) is 2.09. The lowest BCUT2D eigenvalue weighted by atomic mass is 10.5. The maximum atomic E-state index is 11.1. The number of H-pyrrole nitrogens is 1. The van der Waals surface area contributed by atoms with Gasteiger partial charge in [0.15, 0.2) is 0 Å². The van der Waals surface area contributed by atoms with Crippen LogP contribution in [-0.4, -0.2) is 22.6 Å². The smallest absolute Gasteiger partial charge is 0.315 e. The Kier molecular flexibility index (Phi) is 3.45. The minimum Gasteiger partial charge on any atom is -0.315 e. The first-order chi connectivity index (χ1) is 6.24. The molecule has 2 N–H and O–H groups in total. The zero-order valence-electron chi connectivity index (χ0n) is 7.54. The Balaban J connectivity index is 2.67. The number of rotatable bonds is 4. The van der Waals surface area contributed by atoms with Crippen LogP contribution in [0.4, 0.5) is 0 Å². The quantitative estimate of drug-likeness (QED) is 0.597. The van der Waals surface area contributed by atoms with Gasteiger partial charge in [-0.25, -0.2) is 4.79 Å². The molecular formula is C8H13N3O2. The maximum Gasteiger partial charge on any atom is 0.328 e. The van der Waals surface area contributed by atoms with Crippen molar-refractivity contribution >= 4 is 0 Å². The normalized spacial score (nSPS) is 10.2. The summed E-state index contributed by atoms with van der Waals surface area (Å²) in [5.74, 6) is 0. The molecule has 5 nitrogen and oxygen atoms in total. The minimum atomic E-state index is -0.357. The van der Waals surface area contributed by atoms with Crippen LogP contribution in [0.15, 0.2) is 21.9 Å². The highest BCUT2D eigenvalue weighted by molar-refractivity contribution is 4.82. The Morgan fingerprint density at radius 2 is 2.31 bits per heavy atom. The second-order valence-electron chi connectivity index (χ2n) is 2.66. The molecule has 0 aliphatic rings. The van der Waals surface area contributed by atoms with Crippen LogP contribution in [0.3, 0.4) is 0 Å². The fraction of sp³-hybridized carbons (Fsp3) is 0.500. The van der Waals surface area contributed by atoms with Gasteiger partial charge in [-0.3, -0.25) is 14.3 Å². The summed E-state index contributed by atoms with van der Waals surface area (Å²) in [7, 11) is 0. The summed E-state index contributed by atoms with van der Waals surface area (Å²) in [4.78, 5) is 24.0. The van der Waals surface area contributed by atoms with Gasteiger partial charge in [-0.1, -0.05) is 6.92 Å². The van der Waals surface area contributed by atoms with Gasteiger partial charge < -0.3 is 5.32 Å². The van der Waals surface area contributed by atoms with Gasteiger partial charge in [0.05, 0.1) is 0 Å². The van der Waals surface area contributed by atoms with Crippen molar-refractivity contribution in [3.8, 4) is 0 Å². The summed E-state index contributed by atoms with van der Waals surface area (Å²) in [5.41, 5.74) is -0.713. The lowest BCUT2D eigenvalue weighted by molar-refractivity contribution is 0.586. The molecule has 72 valence electrons. The van der Waals surface area contributed by atoms with Gasteiger partial charge in [-0.15, -0.1) is 0 Å². The van der Waals surface area contributed by atoms with E-state index in [-0.39, 0.29) is 11.2 Å². The Labute approximate surface area is 75.4 Å². The van der Waals surface area contributed by atoms with Crippen molar-refractivity contribution < 1.29 is 0 Å². The lowest BCUT2D eigenvalue weighted by Gasteiger charge is -2.03. The van der Waals surface area contributed by atoms with Gasteiger partial charge in [0.1, 0.15) is 0 Å². The van der Waals surface area contributed by atoms with Crippen molar-refractivity contribution in [2.24, 2.45) is 0 Å². The largest absolute Gasteiger partial charge is 0.328 e. The summed E-state index contributed by atoms with van der Waals surface area (Å²) in [5, 5.41) is 3.09. The third-order valence-electron chi connectivity index (χ3n) is 1.68. The van der Waals surface area contributed by atoms with Gasteiger partial charge in [0, 0.05) is 25.4 Å². The van der Waals surface area contributed by atoms with E-state index in [2.05, 4.69) is 10.3 Å². The number of aromatic amines is 1. The van der Waals surface area contributed by atoms with Crippen molar-refractivity contribution in [1.82, 2.24) is 14.9 Å². The Morgan fingerprint density at radius 3 is 2.92 bits per heavy atom. The van der Waals surface area contributed by atoms with Gasteiger partial charge in [0.2, 0.25) is 0 Å². The molecule has 0 bridgehead atoms. The predicted molar refractivity (Wildman–Crippen MR) is 49.9 cm³/mol. The number of likely N-dealkylation sites (N-methyl/N-ethyl adjacent to an activating group) is 1. The van der Waals surface area contributed by atoms with E-state index >= 15 is 0 Å². The fourth-order valence-electron chi connectivity index (χ4n) is 0.997. The van der Waals surface area contributed by atoms with E-state index in [4.69, 9.17) is 0 Å². The van der Waals surface area contributed by atoms with E-state index < -0.39 is 0 Å². The van der Waals surface area contributed by atoms with Crippen LogP contribution >= 0.6 is 0 Å². The molecule has 5 heteroatoms. The second kappa shape index (κ2) is 4.61. The van der Waals surface area contributed by atoms with Crippen LogP contribution in [0.5, 0.6) is 0 Å². The third-order valence-corrected chi connectivity index (χ3v) is 1.68. The Hall–Kier alpha value is -1.36. The third kappa shape index (κ3) is 2.87. The van der Waals surface area contributed by atoms with Crippen LogP contribution in [0.25, 0.3) is 0 Å². The first kappa shape index (κ1) is 9.73. The molecule has 1 aromatic heterocycles. The zero-order valence-corrected chi connectivity index (χ0v) is 7.54. The summed E-state index contributed by atoms with van der Waals surface area (Å²) in [6, 6.07) is 1.34. The van der Waals surface area contributed by atoms with E-state index in [9.17, 15) is 9.59 Å². The summed E-state index contributed by atoms with van der Waals surface area (Å²) >= 11 is 0. The summed E-state index contributed by atoms with van der Waals surface area (Å²) in [6.45, 7) is 4.17. The zero-order chi connectivity index (χ0) is 9.68. The van der Waals surface area contributed by atoms with E-state index in [1.807, 2.05) is 6.92 Å². The van der Waals surface area contributed by atoms with Crippen LogP contribution < -0.4 is 16.6 Å².